The Kier molecular flexibility index (Phi) is 2.01. The Hall–Kier alpha value is -2.00. The molecule has 0 fully saturated rings. The Labute approximate surface area is 85.6 Å². The number of benzene rings is 2. The van der Waals surface area contributed by atoms with Crippen LogP contribution < -0.4 is 0 Å². The van der Waals surface area contributed by atoms with Crippen LogP contribution in [0.1, 0.15) is 6.93 Å². The molecule has 0 aromatic heterocycles. The minimum absolute atomic E-state index is 0.879. The van der Waals surface area contributed by atoms with Crippen molar-refractivity contribution in [1.29, 1.82) is 0 Å². The molecule has 0 saturated heterocycles. The summed E-state index contributed by atoms with van der Waals surface area (Å²) >= 11 is 0. The Bertz CT molecular complexity index is 486. The summed E-state index contributed by atoms with van der Waals surface area (Å²) in [6.07, 6.45) is 2.14. The van der Waals surface area contributed by atoms with Crippen LogP contribution in [0.3, 0.4) is 0 Å². The molecule has 66 valence electrons. The molecule has 2 rings (SSSR count). The zero-order chi connectivity index (χ0) is 10.5. The first-order chi connectivity index (χ1) is 7.40. The molecule has 0 radical (unpaired) electrons. The summed E-state index contributed by atoms with van der Waals surface area (Å²) in [6.45, 7) is 0. The maximum Gasteiger partial charge on any atom is 0.124 e. The Morgan fingerprint density at radius 1 is 0.857 bits per heavy atom. The van der Waals surface area contributed by atoms with E-state index in [1.165, 1.54) is 11.1 Å². The molecule has 0 aliphatic rings. The summed E-state index contributed by atoms with van der Waals surface area (Å²) in [5.41, 5.74) is 3.25. The Morgan fingerprint density at radius 3 is 2.14 bits per heavy atom. The van der Waals surface area contributed by atoms with E-state index in [0.717, 1.165) is 5.56 Å². The largest absolute Gasteiger partial charge is 0.124 e. The first-order valence-corrected chi connectivity index (χ1v) is 4.48. The predicted molar refractivity (Wildman–Crippen MR) is 59.8 cm³/mol. The van der Waals surface area contributed by atoms with Crippen LogP contribution in [0.5, 0.6) is 0 Å². The van der Waals surface area contributed by atoms with Gasteiger partial charge in [0.2, 0.25) is 0 Å². The van der Waals surface area contributed by atoms with E-state index in [4.69, 9.17) is 1.37 Å². The quantitative estimate of drug-likeness (QED) is 0.589. The van der Waals surface area contributed by atoms with Gasteiger partial charge >= 0.3 is 0 Å². The average Bonchev–Trinajstić information content (AvgIpc) is 2.32. The summed E-state index contributed by atoms with van der Waals surface area (Å²) < 4.78 is 6.80. The second kappa shape index (κ2) is 3.81. The van der Waals surface area contributed by atoms with Gasteiger partial charge in [-0.25, -0.2) is 0 Å². The minimum Gasteiger partial charge on any atom is -0.115 e. The van der Waals surface area contributed by atoms with Gasteiger partial charge in [0, 0.05) is 5.56 Å². The van der Waals surface area contributed by atoms with Crippen molar-refractivity contribution in [3.8, 4) is 23.4 Å². The van der Waals surface area contributed by atoms with E-state index in [1.54, 1.807) is 0 Å². The molecule has 0 aliphatic heterocycles. The van der Waals surface area contributed by atoms with E-state index in [9.17, 15) is 0 Å². The maximum atomic E-state index is 6.80. The van der Waals surface area contributed by atoms with Gasteiger partial charge in [-0.15, -0.1) is 6.40 Å². The highest BCUT2D eigenvalue weighted by Gasteiger charge is 1.94. The highest BCUT2D eigenvalue weighted by molar-refractivity contribution is 5.64. The van der Waals surface area contributed by atoms with Crippen molar-refractivity contribution in [2.24, 2.45) is 0 Å². The van der Waals surface area contributed by atoms with Crippen LogP contribution in [0.25, 0.3) is 11.1 Å². The van der Waals surface area contributed by atoms with Gasteiger partial charge < -0.3 is 0 Å². The molecule has 2 aromatic carbocycles. The van der Waals surface area contributed by atoms with Crippen molar-refractivity contribution in [2.75, 3.05) is 0 Å². The Balaban J connectivity index is 2.35. The second-order valence-electron chi connectivity index (χ2n) is 3.07. The maximum absolute atomic E-state index is 6.80. The van der Waals surface area contributed by atoms with Crippen LogP contribution in [0.4, 0.5) is 0 Å². The van der Waals surface area contributed by atoms with Crippen molar-refractivity contribution < 1.29 is 1.37 Å². The van der Waals surface area contributed by atoms with Crippen molar-refractivity contribution in [2.45, 2.75) is 0 Å². The van der Waals surface area contributed by atoms with Gasteiger partial charge in [0.05, 0.1) is 0 Å². The first-order valence-electron chi connectivity index (χ1n) is 4.98. The highest BCUT2D eigenvalue weighted by Crippen LogP contribution is 2.18. The van der Waals surface area contributed by atoms with Crippen molar-refractivity contribution in [3.05, 3.63) is 60.2 Å². The molecule has 0 heteroatoms. The molecule has 0 amide bonds. The van der Waals surface area contributed by atoms with Gasteiger partial charge in [-0.3, -0.25) is 0 Å². The smallest absolute Gasteiger partial charge is 0.115 e. The van der Waals surface area contributed by atoms with Crippen LogP contribution in [0, 0.1) is 12.3 Å². The molecule has 0 saturated carbocycles. The fourth-order valence-electron chi connectivity index (χ4n) is 1.38. The monoisotopic (exact) mass is 179 g/mol. The predicted octanol–water partition coefficient (Wildman–Crippen LogP) is 3.33. The van der Waals surface area contributed by atoms with Crippen LogP contribution >= 0.6 is 0 Å². The summed E-state index contributed by atoms with van der Waals surface area (Å²) in [6, 6.07) is 18.1. The molecule has 14 heavy (non-hydrogen) atoms. The van der Waals surface area contributed by atoms with Gasteiger partial charge in [0.1, 0.15) is 1.37 Å². The van der Waals surface area contributed by atoms with Crippen LogP contribution in [0.15, 0.2) is 54.6 Å². The molecule has 0 atom stereocenters. The summed E-state index contributed by atoms with van der Waals surface area (Å²) in [5, 5.41) is 0. The zero-order valence-electron chi connectivity index (χ0n) is 8.70. The number of terminal acetylenes is 1. The molecule has 0 heterocycles. The van der Waals surface area contributed by atoms with Crippen molar-refractivity contribution in [3.63, 3.8) is 0 Å². The third-order valence-electron chi connectivity index (χ3n) is 2.14. The molecule has 2 aromatic rings. The lowest BCUT2D eigenvalue weighted by Crippen LogP contribution is -1.77. The van der Waals surface area contributed by atoms with Gasteiger partial charge in [0.25, 0.3) is 0 Å². The zero-order valence-corrected chi connectivity index (χ0v) is 7.70. The molecule has 0 bridgehead atoms. The third-order valence-corrected chi connectivity index (χ3v) is 2.14. The third kappa shape index (κ3) is 1.67. The van der Waals surface area contributed by atoms with Crippen LogP contribution in [-0.2, 0) is 0 Å². The fraction of sp³-hybridized carbons (Fsp3) is 0. The lowest BCUT2D eigenvalue weighted by atomic mass is 10.0. The summed E-state index contributed by atoms with van der Waals surface area (Å²) in [7, 11) is 0. The Morgan fingerprint density at radius 2 is 1.50 bits per heavy atom. The highest BCUT2D eigenvalue weighted by atomic mass is 14.0. The number of hydrogen-bond acceptors (Lipinski definition) is 0. The van der Waals surface area contributed by atoms with E-state index < -0.39 is 0 Å². The van der Waals surface area contributed by atoms with Crippen molar-refractivity contribution in [1.82, 2.24) is 0 Å². The minimum atomic E-state index is 0.879. The summed E-state index contributed by atoms with van der Waals surface area (Å²) in [5.74, 6) is 2.70. The van der Waals surface area contributed by atoms with E-state index in [1.807, 2.05) is 42.5 Å². The standard InChI is InChI=1S/C14H10/c1-2-12-8-10-14(11-9-12)13-6-4-3-5-7-13/h1,3-11H/i1D. The molecule has 0 aliphatic carbocycles. The fourth-order valence-corrected chi connectivity index (χ4v) is 1.38. The average molecular weight is 179 g/mol. The second-order valence-corrected chi connectivity index (χ2v) is 3.07. The molecular formula is C14H10. The summed E-state index contributed by atoms with van der Waals surface area (Å²) in [4.78, 5) is 0. The SMILES string of the molecule is [2H]C#Cc1ccc(-c2ccccc2)cc1. The lowest BCUT2D eigenvalue weighted by Gasteiger charge is -2.00. The molecule has 0 spiro atoms. The molecule has 0 N–H and O–H groups in total. The van der Waals surface area contributed by atoms with Crippen LogP contribution in [0.2, 0.25) is 0 Å². The van der Waals surface area contributed by atoms with Crippen molar-refractivity contribution >= 4 is 0 Å². The van der Waals surface area contributed by atoms with E-state index >= 15 is 0 Å². The number of rotatable bonds is 1. The molecule has 0 nitrogen and oxygen atoms in total. The first kappa shape index (κ1) is 7.41. The van der Waals surface area contributed by atoms with Gasteiger partial charge in [-0.2, -0.15) is 0 Å². The van der Waals surface area contributed by atoms with Gasteiger partial charge in [0.15, 0.2) is 0 Å². The van der Waals surface area contributed by atoms with E-state index in [2.05, 4.69) is 24.5 Å². The van der Waals surface area contributed by atoms with E-state index in [-0.39, 0.29) is 0 Å². The molecule has 0 unspecified atom stereocenters. The van der Waals surface area contributed by atoms with Crippen LogP contribution in [-0.4, -0.2) is 0 Å². The van der Waals surface area contributed by atoms with Gasteiger partial charge in [-0.1, -0.05) is 48.4 Å². The normalized spacial score (nSPS) is 9.86. The van der Waals surface area contributed by atoms with Gasteiger partial charge in [-0.05, 0) is 23.3 Å². The topological polar surface area (TPSA) is 0 Å². The molecular weight excluding hydrogens is 168 g/mol. The van der Waals surface area contributed by atoms with E-state index in [0.29, 0.717) is 0 Å². The lowest BCUT2D eigenvalue weighted by molar-refractivity contribution is 1.59. The number of hydrogen-bond donors (Lipinski definition) is 0.